The van der Waals surface area contributed by atoms with E-state index in [-0.39, 0.29) is 17.4 Å². The number of rotatable bonds is 7. The third kappa shape index (κ3) is 4.63. The summed E-state index contributed by atoms with van der Waals surface area (Å²) in [5, 5.41) is 9.55. The van der Waals surface area contributed by atoms with Gasteiger partial charge >= 0.3 is 0 Å². The molecular weight excluding hydrogens is 318 g/mol. The summed E-state index contributed by atoms with van der Waals surface area (Å²) in [6.45, 7) is 3.80. The summed E-state index contributed by atoms with van der Waals surface area (Å²) in [6, 6.07) is 2.99. The van der Waals surface area contributed by atoms with Crippen LogP contribution in [-0.2, 0) is 16.6 Å². The Labute approximate surface area is 130 Å². The van der Waals surface area contributed by atoms with Gasteiger partial charge in [-0.3, -0.25) is 0 Å². The van der Waals surface area contributed by atoms with Gasteiger partial charge in [0.05, 0.1) is 11.5 Å². The van der Waals surface area contributed by atoms with Crippen molar-refractivity contribution in [1.82, 2.24) is 4.72 Å². The molecular formula is C13H20ClNO3S2. The van der Waals surface area contributed by atoms with Crippen LogP contribution in [0.15, 0.2) is 17.0 Å². The lowest BCUT2D eigenvalue weighted by atomic mass is 10.1. The van der Waals surface area contributed by atoms with Crippen molar-refractivity contribution >= 4 is 33.4 Å². The number of sulfonamides is 1. The van der Waals surface area contributed by atoms with Crippen molar-refractivity contribution in [2.75, 3.05) is 18.6 Å². The number of halogens is 1. The van der Waals surface area contributed by atoms with E-state index in [1.807, 2.05) is 13.2 Å². The van der Waals surface area contributed by atoms with E-state index in [0.29, 0.717) is 22.7 Å². The summed E-state index contributed by atoms with van der Waals surface area (Å²) in [7, 11) is -3.61. The number of thioether (sulfide) groups is 1. The molecule has 0 bridgehead atoms. The lowest BCUT2D eigenvalue weighted by Crippen LogP contribution is -2.30. The number of aliphatic hydroxyl groups is 1. The van der Waals surface area contributed by atoms with Crippen LogP contribution in [0.1, 0.15) is 18.1 Å². The molecule has 1 atom stereocenters. The van der Waals surface area contributed by atoms with E-state index in [2.05, 4.69) is 4.72 Å². The van der Waals surface area contributed by atoms with E-state index in [9.17, 15) is 13.5 Å². The first kappa shape index (κ1) is 17.8. The molecule has 7 heteroatoms. The first-order valence-electron chi connectivity index (χ1n) is 6.20. The number of hydrogen-bond donors (Lipinski definition) is 2. The summed E-state index contributed by atoms with van der Waals surface area (Å²) in [5.74, 6) is 1.13. The Balaban J connectivity index is 3.01. The molecule has 0 radical (unpaired) electrons. The Bertz CT molecular complexity index is 561. The zero-order valence-electron chi connectivity index (χ0n) is 11.8. The Morgan fingerprint density at radius 2 is 2.10 bits per heavy atom. The van der Waals surface area contributed by atoms with Crippen molar-refractivity contribution < 1.29 is 13.5 Å². The van der Waals surface area contributed by atoms with Crippen LogP contribution in [0.4, 0.5) is 0 Å². The molecule has 1 rings (SSSR count). The van der Waals surface area contributed by atoms with Crippen molar-refractivity contribution in [1.29, 1.82) is 0 Å². The Morgan fingerprint density at radius 3 is 2.65 bits per heavy atom. The van der Waals surface area contributed by atoms with Crippen LogP contribution < -0.4 is 4.72 Å². The fourth-order valence-corrected chi connectivity index (χ4v) is 4.29. The highest BCUT2D eigenvalue weighted by Crippen LogP contribution is 2.24. The van der Waals surface area contributed by atoms with Crippen LogP contribution in [-0.4, -0.2) is 32.1 Å². The molecule has 4 nitrogen and oxygen atoms in total. The molecule has 1 unspecified atom stereocenters. The monoisotopic (exact) mass is 337 g/mol. The van der Waals surface area contributed by atoms with Crippen LogP contribution in [0.5, 0.6) is 0 Å². The third-order valence-corrected chi connectivity index (χ3v) is 5.64. The van der Waals surface area contributed by atoms with E-state index in [4.69, 9.17) is 11.6 Å². The molecule has 0 spiro atoms. The minimum atomic E-state index is -3.61. The van der Waals surface area contributed by atoms with Crippen LogP contribution in [0.3, 0.4) is 0 Å². The highest BCUT2D eigenvalue weighted by atomic mass is 35.5. The maximum absolute atomic E-state index is 12.3. The van der Waals surface area contributed by atoms with Gasteiger partial charge in [0.25, 0.3) is 0 Å². The van der Waals surface area contributed by atoms with Gasteiger partial charge in [0, 0.05) is 11.6 Å². The van der Waals surface area contributed by atoms with Crippen molar-refractivity contribution in [3.8, 4) is 0 Å². The number of aliphatic hydroxyl groups excluding tert-OH is 1. The second-order valence-electron chi connectivity index (χ2n) is 4.76. The molecule has 2 N–H and O–H groups in total. The second-order valence-corrected chi connectivity index (χ2v) is 7.84. The molecule has 0 saturated carbocycles. The van der Waals surface area contributed by atoms with E-state index in [0.717, 1.165) is 5.75 Å². The molecule has 0 heterocycles. The molecule has 0 aliphatic heterocycles. The van der Waals surface area contributed by atoms with E-state index < -0.39 is 10.0 Å². The quantitative estimate of drug-likeness (QED) is 0.802. The molecule has 0 aliphatic rings. The molecule has 0 amide bonds. The minimum Gasteiger partial charge on any atom is -0.392 e. The Hall–Kier alpha value is -0.270. The predicted molar refractivity (Wildman–Crippen MR) is 84.8 cm³/mol. The average molecular weight is 338 g/mol. The largest absolute Gasteiger partial charge is 0.392 e. The maximum atomic E-state index is 12.3. The fourth-order valence-electron chi connectivity index (χ4n) is 1.82. The van der Waals surface area contributed by atoms with Crippen LogP contribution in [0.2, 0.25) is 5.02 Å². The van der Waals surface area contributed by atoms with E-state index >= 15 is 0 Å². The van der Waals surface area contributed by atoms with Gasteiger partial charge in [-0.05, 0) is 48.1 Å². The zero-order valence-corrected chi connectivity index (χ0v) is 14.2. The van der Waals surface area contributed by atoms with Gasteiger partial charge in [0.15, 0.2) is 0 Å². The minimum absolute atomic E-state index is 0.130. The van der Waals surface area contributed by atoms with E-state index in [1.54, 1.807) is 24.8 Å². The van der Waals surface area contributed by atoms with Crippen molar-refractivity contribution in [2.45, 2.75) is 25.3 Å². The van der Waals surface area contributed by atoms with Gasteiger partial charge < -0.3 is 5.11 Å². The summed E-state index contributed by atoms with van der Waals surface area (Å²) < 4.78 is 27.2. The molecule has 20 heavy (non-hydrogen) atoms. The topological polar surface area (TPSA) is 66.4 Å². The summed E-state index contributed by atoms with van der Waals surface area (Å²) in [6.07, 6.45) is 1.99. The highest BCUT2D eigenvalue weighted by Gasteiger charge is 2.20. The molecule has 0 saturated heterocycles. The third-order valence-electron chi connectivity index (χ3n) is 2.97. The van der Waals surface area contributed by atoms with Crippen LogP contribution in [0, 0.1) is 12.8 Å². The summed E-state index contributed by atoms with van der Waals surface area (Å²) in [5.41, 5.74) is 1.05. The number of benzene rings is 1. The number of hydrogen-bond acceptors (Lipinski definition) is 4. The first-order valence-corrected chi connectivity index (χ1v) is 9.45. The zero-order chi connectivity index (χ0) is 15.3. The number of nitrogens with one attached hydrogen (secondary N) is 1. The average Bonchev–Trinajstić information content (AvgIpc) is 2.39. The van der Waals surface area contributed by atoms with E-state index in [1.165, 1.54) is 6.07 Å². The standard InChI is InChI=1S/C13H20ClNO3S2/c1-9(8-19-3)6-15-20(17,18)13-5-12(14)4-11(7-16)10(13)2/h4-5,9,15-16H,6-8H2,1-3H3. The molecule has 0 aromatic heterocycles. The molecule has 0 aliphatic carbocycles. The first-order chi connectivity index (χ1) is 9.31. The SMILES string of the molecule is CSCC(C)CNS(=O)(=O)c1cc(Cl)cc(CO)c1C. The molecule has 114 valence electrons. The smallest absolute Gasteiger partial charge is 0.240 e. The van der Waals surface area contributed by atoms with Crippen molar-refractivity contribution in [3.05, 3.63) is 28.3 Å². The summed E-state index contributed by atoms with van der Waals surface area (Å²) in [4.78, 5) is 0.130. The van der Waals surface area contributed by atoms with Crippen molar-refractivity contribution in [2.24, 2.45) is 5.92 Å². The Kier molecular flexibility index (Phi) is 6.81. The van der Waals surface area contributed by atoms with Crippen molar-refractivity contribution in [3.63, 3.8) is 0 Å². The lowest BCUT2D eigenvalue weighted by molar-refractivity contribution is 0.280. The van der Waals surface area contributed by atoms with Gasteiger partial charge in [-0.1, -0.05) is 18.5 Å². The molecule has 1 aromatic carbocycles. The maximum Gasteiger partial charge on any atom is 0.240 e. The molecule has 0 fully saturated rings. The van der Waals surface area contributed by atoms with Gasteiger partial charge in [0.1, 0.15) is 0 Å². The normalized spacial score (nSPS) is 13.4. The van der Waals surface area contributed by atoms with Crippen LogP contribution >= 0.6 is 23.4 Å². The van der Waals surface area contributed by atoms with Gasteiger partial charge in [-0.25, -0.2) is 13.1 Å². The van der Waals surface area contributed by atoms with Gasteiger partial charge in [-0.15, -0.1) is 0 Å². The van der Waals surface area contributed by atoms with Crippen LogP contribution in [0.25, 0.3) is 0 Å². The highest BCUT2D eigenvalue weighted by molar-refractivity contribution is 7.98. The summed E-state index contributed by atoms with van der Waals surface area (Å²) >= 11 is 7.59. The molecule has 1 aromatic rings. The van der Waals surface area contributed by atoms with Gasteiger partial charge in [0.2, 0.25) is 10.0 Å². The predicted octanol–water partition coefficient (Wildman–Crippen LogP) is 2.42. The fraction of sp³-hybridized carbons (Fsp3) is 0.538. The Morgan fingerprint density at radius 1 is 1.45 bits per heavy atom. The lowest BCUT2D eigenvalue weighted by Gasteiger charge is -2.15. The van der Waals surface area contributed by atoms with Gasteiger partial charge in [-0.2, -0.15) is 11.8 Å². The second kappa shape index (κ2) is 7.66.